The third-order valence-electron chi connectivity index (χ3n) is 2.49. The Morgan fingerprint density at radius 3 is 2.80 bits per heavy atom. The van der Waals surface area contributed by atoms with Crippen LogP contribution in [0.15, 0.2) is 35.6 Å². The fourth-order valence-electron chi connectivity index (χ4n) is 1.63. The molecule has 0 atom stereocenters. The lowest BCUT2D eigenvalue weighted by atomic mass is 10.0. The van der Waals surface area contributed by atoms with E-state index in [0.29, 0.717) is 0 Å². The molecule has 2 rings (SSSR count). The van der Waals surface area contributed by atoms with E-state index in [9.17, 15) is 4.39 Å². The second kappa shape index (κ2) is 3.93. The summed E-state index contributed by atoms with van der Waals surface area (Å²) >= 11 is 0. The van der Waals surface area contributed by atoms with Crippen LogP contribution in [0.3, 0.4) is 0 Å². The molecule has 0 radical (unpaired) electrons. The summed E-state index contributed by atoms with van der Waals surface area (Å²) in [7, 11) is 0. The van der Waals surface area contributed by atoms with Crippen LogP contribution in [-0.2, 0) is 0 Å². The van der Waals surface area contributed by atoms with Crippen LogP contribution < -0.4 is 0 Å². The van der Waals surface area contributed by atoms with E-state index in [2.05, 4.69) is 5.11 Å². The number of azo groups is 2. The summed E-state index contributed by atoms with van der Waals surface area (Å²) in [6.07, 6.45) is 3.73. The molecule has 0 saturated carbocycles. The number of rotatable bonds is 2. The van der Waals surface area contributed by atoms with Gasteiger partial charge in [0.2, 0.25) is 5.69 Å². The van der Waals surface area contributed by atoms with E-state index in [4.69, 9.17) is 0 Å². The Labute approximate surface area is 88.7 Å². The molecule has 3 heteroatoms. The van der Waals surface area contributed by atoms with Gasteiger partial charge in [-0.2, -0.15) is 0 Å². The van der Waals surface area contributed by atoms with Crippen LogP contribution in [0.1, 0.15) is 25.3 Å². The zero-order chi connectivity index (χ0) is 10.8. The second-order valence-electron chi connectivity index (χ2n) is 3.94. The maximum atomic E-state index is 13.4. The first kappa shape index (κ1) is 10.0. The number of nitrogens with zero attached hydrogens (tertiary/aromatic N) is 2. The Bertz CT molecular complexity index is 433. The number of benzene rings is 1. The molecule has 0 saturated heterocycles. The van der Waals surface area contributed by atoms with Crippen LogP contribution in [0.25, 0.3) is 0 Å². The van der Waals surface area contributed by atoms with Gasteiger partial charge in [-0.05, 0) is 22.7 Å². The fourth-order valence-corrected chi connectivity index (χ4v) is 1.63. The van der Waals surface area contributed by atoms with Crippen LogP contribution in [0.5, 0.6) is 0 Å². The molecule has 0 N–H and O–H groups in total. The molecule has 2 nitrogen and oxygen atoms in total. The van der Waals surface area contributed by atoms with Crippen molar-refractivity contribution in [3.63, 3.8) is 0 Å². The van der Waals surface area contributed by atoms with Gasteiger partial charge >= 0.3 is 0 Å². The summed E-state index contributed by atoms with van der Waals surface area (Å²) in [5, 5.41) is 4.17. The van der Waals surface area contributed by atoms with Gasteiger partial charge in [0.05, 0.1) is 6.20 Å². The third-order valence-corrected chi connectivity index (χ3v) is 2.49. The Hall–Kier alpha value is -1.51. The van der Waals surface area contributed by atoms with E-state index in [-0.39, 0.29) is 11.7 Å². The van der Waals surface area contributed by atoms with Crippen molar-refractivity contribution in [2.45, 2.75) is 19.8 Å². The van der Waals surface area contributed by atoms with Crippen molar-refractivity contribution in [2.75, 3.05) is 6.54 Å². The van der Waals surface area contributed by atoms with Crippen molar-refractivity contribution < 1.29 is 9.09 Å². The SMILES string of the molecule is CC(C)c1cc([N+]2=NC=CC2)ccc1F. The topological polar surface area (TPSA) is 15.4 Å². The van der Waals surface area contributed by atoms with Crippen LogP contribution in [0.4, 0.5) is 10.1 Å². The maximum absolute atomic E-state index is 13.4. The van der Waals surface area contributed by atoms with Crippen molar-refractivity contribution >= 4 is 5.69 Å². The van der Waals surface area contributed by atoms with Gasteiger partial charge in [0.1, 0.15) is 5.82 Å². The summed E-state index contributed by atoms with van der Waals surface area (Å²) in [4.78, 5) is 0. The molecule has 15 heavy (non-hydrogen) atoms. The summed E-state index contributed by atoms with van der Waals surface area (Å²) < 4.78 is 15.3. The van der Waals surface area contributed by atoms with Crippen molar-refractivity contribution in [3.8, 4) is 0 Å². The predicted octanol–water partition coefficient (Wildman–Crippen LogP) is 3.57. The summed E-state index contributed by atoms with van der Waals surface area (Å²) in [5.74, 6) is 0.0569. The third kappa shape index (κ3) is 1.96. The van der Waals surface area contributed by atoms with Crippen LogP contribution in [-0.4, -0.2) is 11.2 Å². The van der Waals surface area contributed by atoms with Gasteiger partial charge in [-0.25, -0.2) is 4.39 Å². The number of halogens is 1. The molecule has 0 fully saturated rings. The molecule has 0 spiro atoms. The average Bonchev–Trinajstić information content (AvgIpc) is 2.71. The lowest BCUT2D eigenvalue weighted by Gasteiger charge is -2.06. The van der Waals surface area contributed by atoms with Gasteiger partial charge in [0, 0.05) is 18.2 Å². The number of hydrogen-bond donors (Lipinski definition) is 0. The first-order valence-electron chi connectivity index (χ1n) is 5.11. The normalized spacial score (nSPS) is 14.8. The molecule has 0 amide bonds. The van der Waals surface area contributed by atoms with E-state index >= 15 is 0 Å². The Morgan fingerprint density at radius 2 is 2.20 bits per heavy atom. The average molecular weight is 205 g/mol. The molecule has 0 aliphatic carbocycles. The molecule has 1 aromatic rings. The largest absolute Gasteiger partial charge is 0.232 e. The van der Waals surface area contributed by atoms with Crippen molar-refractivity contribution in [1.29, 1.82) is 0 Å². The molecule has 0 aromatic heterocycles. The van der Waals surface area contributed by atoms with Crippen LogP contribution in [0.2, 0.25) is 0 Å². The van der Waals surface area contributed by atoms with Gasteiger partial charge < -0.3 is 0 Å². The highest BCUT2D eigenvalue weighted by Crippen LogP contribution is 2.24. The van der Waals surface area contributed by atoms with E-state index in [0.717, 1.165) is 17.8 Å². The highest BCUT2D eigenvalue weighted by atomic mass is 19.1. The van der Waals surface area contributed by atoms with E-state index in [1.807, 2.05) is 30.7 Å². The molecule has 0 unspecified atom stereocenters. The van der Waals surface area contributed by atoms with Crippen molar-refractivity contribution in [3.05, 3.63) is 41.9 Å². The zero-order valence-corrected chi connectivity index (χ0v) is 8.94. The fraction of sp³-hybridized carbons (Fsp3) is 0.333. The molecular weight excluding hydrogens is 191 g/mol. The quantitative estimate of drug-likeness (QED) is 0.656. The highest BCUT2D eigenvalue weighted by molar-refractivity contribution is 5.36. The Balaban J connectivity index is 2.38. The van der Waals surface area contributed by atoms with Crippen molar-refractivity contribution in [2.24, 2.45) is 5.11 Å². The number of hydrogen-bond acceptors (Lipinski definition) is 1. The zero-order valence-electron chi connectivity index (χ0n) is 8.94. The Morgan fingerprint density at radius 1 is 1.40 bits per heavy atom. The smallest absolute Gasteiger partial charge is 0.207 e. The van der Waals surface area contributed by atoms with Gasteiger partial charge in [0.25, 0.3) is 0 Å². The first-order valence-corrected chi connectivity index (χ1v) is 5.11. The van der Waals surface area contributed by atoms with E-state index < -0.39 is 0 Å². The lowest BCUT2D eigenvalue weighted by molar-refractivity contribution is -0.492. The van der Waals surface area contributed by atoms with Gasteiger partial charge in [-0.15, -0.1) is 0 Å². The van der Waals surface area contributed by atoms with Gasteiger partial charge in [0.15, 0.2) is 6.54 Å². The van der Waals surface area contributed by atoms with E-state index in [1.165, 1.54) is 6.07 Å². The summed E-state index contributed by atoms with van der Waals surface area (Å²) in [5.41, 5.74) is 1.69. The lowest BCUT2D eigenvalue weighted by Crippen LogP contribution is -2.01. The second-order valence-corrected chi connectivity index (χ2v) is 3.94. The standard InChI is InChI=1S/C12H14FN2/c1-9(2)11-8-10(4-5-12(11)13)15-7-3-6-14-15/h3-6,8-9H,7H2,1-2H3/q+1. The van der Waals surface area contributed by atoms with E-state index in [1.54, 1.807) is 12.3 Å². The molecule has 1 aliphatic heterocycles. The first-order chi connectivity index (χ1) is 7.18. The van der Waals surface area contributed by atoms with Crippen LogP contribution in [0, 0.1) is 5.82 Å². The molecule has 0 bridgehead atoms. The summed E-state index contributed by atoms with van der Waals surface area (Å²) in [6.45, 7) is 4.74. The molecule has 1 aliphatic rings. The molecule has 1 aromatic carbocycles. The minimum atomic E-state index is -0.138. The van der Waals surface area contributed by atoms with Gasteiger partial charge in [-0.1, -0.05) is 18.5 Å². The highest BCUT2D eigenvalue weighted by Gasteiger charge is 2.16. The Kier molecular flexibility index (Phi) is 2.62. The van der Waals surface area contributed by atoms with Gasteiger partial charge in [-0.3, -0.25) is 0 Å². The molecule has 78 valence electrons. The minimum absolute atomic E-state index is 0.138. The monoisotopic (exact) mass is 205 g/mol. The predicted molar refractivity (Wildman–Crippen MR) is 56.8 cm³/mol. The minimum Gasteiger partial charge on any atom is -0.207 e. The maximum Gasteiger partial charge on any atom is 0.232 e. The van der Waals surface area contributed by atoms with Crippen LogP contribution >= 0.6 is 0 Å². The molecule has 1 heterocycles. The molecular formula is C12H14FN2+. The summed E-state index contributed by atoms with van der Waals surface area (Å²) in [6, 6.07) is 5.15. The van der Waals surface area contributed by atoms with Crippen molar-refractivity contribution in [1.82, 2.24) is 0 Å².